The molecule has 0 spiro atoms. The molecule has 0 amide bonds. The number of ether oxygens (including phenoxy) is 1. The summed E-state index contributed by atoms with van der Waals surface area (Å²) in [5, 5.41) is 0. The van der Waals surface area contributed by atoms with Crippen LogP contribution in [0.15, 0.2) is 51.9 Å². The second-order valence-electron chi connectivity index (χ2n) is 4.30. The summed E-state index contributed by atoms with van der Waals surface area (Å²) in [6.45, 7) is 0.506. The molecule has 5 heteroatoms. The van der Waals surface area contributed by atoms with Gasteiger partial charge in [-0.25, -0.2) is 4.79 Å². The van der Waals surface area contributed by atoms with Crippen molar-refractivity contribution in [2.24, 2.45) is 0 Å². The Hall–Kier alpha value is -1.88. The van der Waals surface area contributed by atoms with Gasteiger partial charge in [-0.15, -0.1) is 0 Å². The first kappa shape index (κ1) is 14.5. The number of rotatable bonds is 4. The Morgan fingerprint density at radius 2 is 2.00 bits per heavy atom. The number of methoxy groups -OCH3 is 1. The first-order valence-corrected chi connectivity index (χ1v) is 6.93. The largest absolute Gasteiger partial charge is 0.465 e. The van der Waals surface area contributed by atoms with Gasteiger partial charge in [0, 0.05) is 17.2 Å². The maximum absolute atomic E-state index is 12.2. The normalized spacial score (nSPS) is 10.3. The van der Waals surface area contributed by atoms with E-state index in [0.29, 0.717) is 11.0 Å². The molecule has 4 nitrogen and oxygen atoms in total. The van der Waals surface area contributed by atoms with Crippen LogP contribution in [0.4, 0.5) is 0 Å². The molecule has 0 unspecified atom stereocenters. The molecule has 0 saturated carbocycles. The van der Waals surface area contributed by atoms with Crippen molar-refractivity contribution in [3.8, 4) is 0 Å². The fraction of sp³-hybridized carbons (Fsp3) is 0.200. The van der Waals surface area contributed by atoms with E-state index < -0.39 is 5.97 Å². The van der Waals surface area contributed by atoms with Gasteiger partial charge in [0.2, 0.25) is 0 Å². The summed E-state index contributed by atoms with van der Waals surface area (Å²) < 4.78 is 6.81. The van der Waals surface area contributed by atoms with Crippen LogP contribution in [-0.4, -0.2) is 17.6 Å². The van der Waals surface area contributed by atoms with Gasteiger partial charge in [0.15, 0.2) is 0 Å². The van der Waals surface area contributed by atoms with Gasteiger partial charge < -0.3 is 9.30 Å². The highest BCUT2D eigenvalue weighted by Crippen LogP contribution is 2.10. The van der Waals surface area contributed by atoms with E-state index in [4.69, 9.17) is 0 Å². The van der Waals surface area contributed by atoms with Crippen LogP contribution in [0.1, 0.15) is 15.9 Å². The number of carbonyl (C=O) groups excluding carboxylic acids is 1. The first-order chi connectivity index (χ1) is 9.61. The summed E-state index contributed by atoms with van der Waals surface area (Å²) in [5.74, 6) is -0.621. The van der Waals surface area contributed by atoms with Gasteiger partial charge in [-0.2, -0.15) is 0 Å². The van der Waals surface area contributed by atoms with E-state index in [2.05, 4.69) is 20.7 Å². The lowest BCUT2D eigenvalue weighted by atomic mass is 10.1. The van der Waals surface area contributed by atoms with Crippen molar-refractivity contribution in [3.63, 3.8) is 0 Å². The zero-order valence-corrected chi connectivity index (χ0v) is 12.6. The molecule has 0 aliphatic rings. The predicted octanol–water partition coefficient (Wildman–Crippen LogP) is 2.64. The Morgan fingerprint density at radius 1 is 1.30 bits per heavy atom. The van der Waals surface area contributed by atoms with Crippen molar-refractivity contribution in [3.05, 3.63) is 68.5 Å². The summed E-state index contributed by atoms with van der Waals surface area (Å²) in [4.78, 5) is 23.7. The number of pyridine rings is 1. The minimum absolute atomic E-state index is 0.0370. The lowest BCUT2D eigenvalue weighted by Gasteiger charge is -2.08. The highest BCUT2D eigenvalue weighted by molar-refractivity contribution is 9.10. The molecular formula is C15H14BrNO3. The molecule has 0 aliphatic heterocycles. The second-order valence-corrected chi connectivity index (χ2v) is 5.21. The number of aryl methyl sites for hydroxylation is 2. The van der Waals surface area contributed by atoms with Crippen LogP contribution < -0.4 is 5.56 Å². The van der Waals surface area contributed by atoms with Gasteiger partial charge in [0.1, 0.15) is 5.56 Å². The molecule has 0 atom stereocenters. The highest BCUT2D eigenvalue weighted by atomic mass is 79.9. The maximum atomic E-state index is 12.2. The van der Waals surface area contributed by atoms with Crippen molar-refractivity contribution in [2.45, 2.75) is 13.0 Å². The lowest BCUT2D eigenvalue weighted by Crippen LogP contribution is -2.27. The molecule has 0 N–H and O–H groups in total. The number of aromatic nitrogens is 1. The number of nitrogens with zero attached hydrogens (tertiary/aromatic N) is 1. The lowest BCUT2D eigenvalue weighted by molar-refractivity contribution is 0.0598. The third-order valence-electron chi connectivity index (χ3n) is 2.94. The molecule has 0 fully saturated rings. The molecule has 1 heterocycles. The monoisotopic (exact) mass is 335 g/mol. The molecule has 0 radical (unpaired) electrons. The number of esters is 1. The third kappa shape index (κ3) is 3.36. The highest BCUT2D eigenvalue weighted by Gasteiger charge is 2.14. The van der Waals surface area contributed by atoms with Crippen molar-refractivity contribution < 1.29 is 9.53 Å². The number of hydrogen-bond donors (Lipinski definition) is 0. The van der Waals surface area contributed by atoms with E-state index in [1.165, 1.54) is 17.7 Å². The molecule has 0 aliphatic carbocycles. The van der Waals surface area contributed by atoms with Crippen LogP contribution in [-0.2, 0) is 17.7 Å². The fourth-order valence-corrected chi connectivity index (χ4v) is 2.39. The molecule has 20 heavy (non-hydrogen) atoms. The van der Waals surface area contributed by atoms with E-state index in [-0.39, 0.29) is 11.1 Å². The topological polar surface area (TPSA) is 48.3 Å². The van der Waals surface area contributed by atoms with Gasteiger partial charge in [-0.3, -0.25) is 4.79 Å². The second kappa shape index (κ2) is 6.52. The summed E-state index contributed by atoms with van der Waals surface area (Å²) in [6, 6.07) is 11.4. The van der Waals surface area contributed by atoms with E-state index >= 15 is 0 Å². The minimum Gasteiger partial charge on any atom is -0.465 e. The van der Waals surface area contributed by atoms with Crippen LogP contribution in [0, 0.1) is 0 Å². The van der Waals surface area contributed by atoms with Crippen LogP contribution in [0.5, 0.6) is 0 Å². The Kier molecular flexibility index (Phi) is 4.74. The predicted molar refractivity (Wildman–Crippen MR) is 79.9 cm³/mol. The number of hydrogen-bond acceptors (Lipinski definition) is 3. The number of benzene rings is 1. The van der Waals surface area contributed by atoms with Gasteiger partial charge in [-0.05, 0) is 34.0 Å². The van der Waals surface area contributed by atoms with Gasteiger partial charge in [-0.1, -0.05) is 30.3 Å². The van der Waals surface area contributed by atoms with E-state index in [1.807, 2.05) is 30.3 Å². The third-order valence-corrected chi connectivity index (χ3v) is 3.38. The van der Waals surface area contributed by atoms with Gasteiger partial charge in [0.05, 0.1) is 7.11 Å². The maximum Gasteiger partial charge on any atom is 0.343 e. The average Bonchev–Trinajstić information content (AvgIpc) is 2.48. The van der Waals surface area contributed by atoms with Gasteiger partial charge in [0.25, 0.3) is 5.56 Å². The molecular weight excluding hydrogens is 322 g/mol. The van der Waals surface area contributed by atoms with Crippen molar-refractivity contribution in [2.75, 3.05) is 7.11 Å². The van der Waals surface area contributed by atoms with Crippen LogP contribution >= 0.6 is 15.9 Å². The molecule has 2 rings (SSSR count). The number of carbonyl (C=O) groups is 1. The average molecular weight is 336 g/mol. The van der Waals surface area contributed by atoms with Crippen molar-refractivity contribution >= 4 is 21.9 Å². The van der Waals surface area contributed by atoms with Crippen LogP contribution in [0.2, 0.25) is 0 Å². The van der Waals surface area contributed by atoms with Gasteiger partial charge >= 0.3 is 5.97 Å². The molecule has 1 aromatic heterocycles. The van der Waals surface area contributed by atoms with E-state index in [1.54, 1.807) is 6.20 Å². The molecule has 0 bridgehead atoms. The summed E-state index contributed by atoms with van der Waals surface area (Å²) in [7, 11) is 1.26. The Labute approximate surface area is 125 Å². The van der Waals surface area contributed by atoms with E-state index in [0.717, 1.165) is 12.0 Å². The SMILES string of the molecule is COC(=O)c1cc(Br)cn(CCc2ccccc2)c1=O. The fourth-order valence-electron chi connectivity index (χ4n) is 1.92. The smallest absolute Gasteiger partial charge is 0.343 e. The van der Waals surface area contributed by atoms with Crippen molar-refractivity contribution in [1.29, 1.82) is 0 Å². The summed E-state index contributed by atoms with van der Waals surface area (Å²) >= 11 is 3.30. The molecule has 2 aromatic rings. The molecule has 104 valence electrons. The van der Waals surface area contributed by atoms with E-state index in [9.17, 15) is 9.59 Å². The quantitative estimate of drug-likeness (QED) is 0.807. The molecule has 0 saturated heterocycles. The standard InChI is InChI=1S/C15H14BrNO3/c1-20-15(19)13-9-12(16)10-17(14(13)18)8-7-11-5-3-2-4-6-11/h2-6,9-10H,7-8H2,1H3. The summed E-state index contributed by atoms with van der Waals surface area (Å²) in [5.41, 5.74) is 0.838. The van der Waals surface area contributed by atoms with Crippen molar-refractivity contribution in [1.82, 2.24) is 4.57 Å². The Morgan fingerprint density at radius 3 is 2.65 bits per heavy atom. The Balaban J connectivity index is 2.26. The van der Waals surface area contributed by atoms with Crippen LogP contribution in [0.3, 0.4) is 0 Å². The molecule has 1 aromatic carbocycles. The van der Waals surface area contributed by atoms with Crippen LogP contribution in [0.25, 0.3) is 0 Å². The zero-order chi connectivity index (χ0) is 14.5. The summed E-state index contributed by atoms with van der Waals surface area (Å²) in [6.07, 6.45) is 2.40. The Bertz CT molecular complexity index is 665. The minimum atomic E-state index is -0.621. The number of halogens is 1. The zero-order valence-electron chi connectivity index (χ0n) is 11.0. The first-order valence-electron chi connectivity index (χ1n) is 6.14.